The monoisotopic (exact) mass is 247 g/mol. The lowest BCUT2D eigenvalue weighted by Gasteiger charge is -1.94. The first kappa shape index (κ1) is 12.0. The van der Waals surface area contributed by atoms with E-state index in [2.05, 4.69) is 9.72 Å². The number of methoxy groups -OCH3 is 1. The summed E-state index contributed by atoms with van der Waals surface area (Å²) in [6.45, 7) is 1.63. The lowest BCUT2D eigenvalue weighted by molar-refractivity contribution is -0.137. The highest BCUT2D eigenvalue weighted by Gasteiger charge is 2.14. The quantitative estimate of drug-likeness (QED) is 0.640. The number of aromatic carboxylic acids is 1. The van der Waals surface area contributed by atoms with Gasteiger partial charge in [-0.2, -0.15) is 0 Å². The molecule has 0 aliphatic rings. The third-order valence-corrected chi connectivity index (χ3v) is 3.77. The van der Waals surface area contributed by atoms with Crippen LogP contribution < -0.4 is 0 Å². The zero-order chi connectivity index (χ0) is 11.4. The zero-order valence-electron chi connectivity index (χ0n) is 8.14. The van der Waals surface area contributed by atoms with Gasteiger partial charge >= 0.3 is 11.9 Å². The molecule has 0 spiro atoms. The fraction of sp³-hybridized carbons (Fsp3) is 0.375. The molecule has 0 saturated heterocycles. The van der Waals surface area contributed by atoms with E-state index < -0.39 is 5.97 Å². The van der Waals surface area contributed by atoms with Crippen LogP contribution in [0.25, 0.3) is 0 Å². The smallest absolute Gasteiger partial charge is 0.347 e. The second kappa shape index (κ2) is 5.13. The van der Waals surface area contributed by atoms with Gasteiger partial charge in [0.2, 0.25) is 0 Å². The van der Waals surface area contributed by atoms with Crippen LogP contribution in [0.15, 0.2) is 4.34 Å². The summed E-state index contributed by atoms with van der Waals surface area (Å²) in [5.41, 5.74) is 0.472. The van der Waals surface area contributed by atoms with Crippen LogP contribution in [0.3, 0.4) is 0 Å². The number of nitrogens with zero attached hydrogens (tertiary/aromatic N) is 1. The molecule has 15 heavy (non-hydrogen) atoms. The van der Waals surface area contributed by atoms with Gasteiger partial charge in [0.05, 0.1) is 18.6 Å². The first-order valence-corrected chi connectivity index (χ1v) is 5.75. The summed E-state index contributed by atoms with van der Waals surface area (Å²) in [5.74, 6) is -1.21. The molecule has 0 radical (unpaired) electrons. The lowest BCUT2D eigenvalue weighted by Crippen LogP contribution is -2.02. The van der Waals surface area contributed by atoms with Crippen molar-refractivity contribution in [3.05, 3.63) is 10.6 Å². The van der Waals surface area contributed by atoms with Crippen LogP contribution in [0.4, 0.5) is 0 Å². The predicted molar refractivity (Wildman–Crippen MR) is 56.6 cm³/mol. The van der Waals surface area contributed by atoms with Crippen molar-refractivity contribution in [3.8, 4) is 0 Å². The topological polar surface area (TPSA) is 76.5 Å². The Morgan fingerprint density at radius 2 is 2.27 bits per heavy atom. The second-order valence-electron chi connectivity index (χ2n) is 2.56. The van der Waals surface area contributed by atoms with Gasteiger partial charge < -0.3 is 9.84 Å². The van der Waals surface area contributed by atoms with E-state index in [1.165, 1.54) is 18.9 Å². The van der Waals surface area contributed by atoms with Gasteiger partial charge in [0, 0.05) is 0 Å². The Morgan fingerprint density at radius 3 is 2.73 bits per heavy atom. The molecule has 0 atom stereocenters. The molecule has 0 aliphatic heterocycles. The van der Waals surface area contributed by atoms with Gasteiger partial charge in [0.25, 0.3) is 0 Å². The highest BCUT2D eigenvalue weighted by molar-refractivity contribution is 8.01. The maximum absolute atomic E-state index is 10.8. The number of carboxylic acid groups (broad SMARTS) is 1. The Hall–Kier alpha value is -1.08. The third-order valence-electron chi connectivity index (χ3n) is 1.51. The number of aryl methyl sites for hydroxylation is 1. The molecule has 1 aromatic heterocycles. The lowest BCUT2D eigenvalue weighted by atomic mass is 10.4. The van der Waals surface area contributed by atoms with Crippen molar-refractivity contribution in [2.24, 2.45) is 0 Å². The number of thiazole rings is 1. The highest BCUT2D eigenvalue weighted by atomic mass is 32.2. The molecule has 1 aromatic rings. The van der Waals surface area contributed by atoms with Crippen molar-refractivity contribution in [2.75, 3.05) is 12.9 Å². The van der Waals surface area contributed by atoms with Crippen molar-refractivity contribution in [1.29, 1.82) is 0 Å². The molecule has 1 rings (SSSR count). The van der Waals surface area contributed by atoms with Gasteiger partial charge in [-0.05, 0) is 6.92 Å². The number of carboxylic acids is 1. The number of esters is 1. The van der Waals surface area contributed by atoms with E-state index in [4.69, 9.17) is 5.11 Å². The first-order valence-electron chi connectivity index (χ1n) is 3.95. The summed E-state index contributed by atoms with van der Waals surface area (Å²) in [6.07, 6.45) is 0. The Kier molecular flexibility index (Phi) is 4.10. The molecule has 1 heterocycles. The summed E-state index contributed by atoms with van der Waals surface area (Å²) in [4.78, 5) is 25.8. The van der Waals surface area contributed by atoms with E-state index in [0.717, 1.165) is 11.3 Å². The Balaban J connectivity index is 2.67. The summed E-state index contributed by atoms with van der Waals surface area (Å²) < 4.78 is 5.02. The summed E-state index contributed by atoms with van der Waals surface area (Å²) in [7, 11) is 1.30. The predicted octanol–water partition coefficient (Wildman–Crippen LogP) is 1.41. The van der Waals surface area contributed by atoms with Gasteiger partial charge in [-0.25, -0.2) is 9.78 Å². The Labute approximate surface area is 94.5 Å². The molecule has 0 aromatic carbocycles. The van der Waals surface area contributed by atoms with Gasteiger partial charge in [0.1, 0.15) is 4.88 Å². The van der Waals surface area contributed by atoms with Gasteiger partial charge in [-0.3, -0.25) is 4.79 Å². The number of thioether (sulfide) groups is 1. The maximum Gasteiger partial charge on any atom is 0.347 e. The molecule has 0 saturated carbocycles. The minimum Gasteiger partial charge on any atom is -0.477 e. The van der Waals surface area contributed by atoms with Gasteiger partial charge in [0.15, 0.2) is 4.34 Å². The van der Waals surface area contributed by atoms with Crippen molar-refractivity contribution in [2.45, 2.75) is 11.3 Å². The van der Waals surface area contributed by atoms with Crippen LogP contribution in [0.1, 0.15) is 15.4 Å². The molecule has 1 N–H and O–H groups in total. The molecule has 0 fully saturated rings. The van der Waals surface area contributed by atoms with Crippen molar-refractivity contribution in [3.63, 3.8) is 0 Å². The molecule has 0 bridgehead atoms. The third kappa shape index (κ3) is 3.21. The molecular weight excluding hydrogens is 238 g/mol. The van der Waals surface area contributed by atoms with Crippen LogP contribution >= 0.6 is 23.1 Å². The van der Waals surface area contributed by atoms with Crippen LogP contribution in [-0.4, -0.2) is 34.9 Å². The molecule has 7 heteroatoms. The SMILES string of the molecule is COC(=O)CSc1nc(C)c(C(=O)O)s1. The fourth-order valence-corrected chi connectivity index (χ4v) is 2.67. The summed E-state index contributed by atoms with van der Waals surface area (Å²) >= 11 is 2.24. The largest absolute Gasteiger partial charge is 0.477 e. The second-order valence-corrected chi connectivity index (χ2v) is 4.79. The standard InChI is InChI=1S/C8H9NO4S2/c1-4-6(7(11)12)15-8(9-4)14-3-5(10)13-2/h3H2,1-2H3,(H,11,12). The number of carbonyl (C=O) groups is 2. The van der Waals surface area contributed by atoms with Crippen LogP contribution in [-0.2, 0) is 9.53 Å². The van der Waals surface area contributed by atoms with Crippen molar-refractivity contribution in [1.82, 2.24) is 4.98 Å². The minimum atomic E-state index is -0.991. The van der Waals surface area contributed by atoms with E-state index in [9.17, 15) is 9.59 Å². The van der Waals surface area contributed by atoms with Crippen LogP contribution in [0.2, 0.25) is 0 Å². The van der Waals surface area contributed by atoms with E-state index in [0.29, 0.717) is 10.0 Å². The molecule has 0 amide bonds. The van der Waals surface area contributed by atoms with E-state index >= 15 is 0 Å². The van der Waals surface area contributed by atoms with E-state index in [-0.39, 0.29) is 16.6 Å². The Morgan fingerprint density at radius 1 is 1.60 bits per heavy atom. The van der Waals surface area contributed by atoms with Crippen molar-refractivity contribution >= 4 is 35.0 Å². The van der Waals surface area contributed by atoms with Crippen LogP contribution in [0.5, 0.6) is 0 Å². The van der Waals surface area contributed by atoms with E-state index in [1.54, 1.807) is 6.92 Å². The molecule has 82 valence electrons. The number of rotatable bonds is 4. The number of aromatic nitrogens is 1. The average Bonchev–Trinajstić information content (AvgIpc) is 2.56. The molecule has 0 aliphatic carbocycles. The molecule has 0 unspecified atom stereocenters. The molecule has 5 nitrogen and oxygen atoms in total. The van der Waals surface area contributed by atoms with Crippen LogP contribution in [0, 0.1) is 6.92 Å². The minimum absolute atomic E-state index is 0.141. The number of ether oxygens (including phenoxy) is 1. The van der Waals surface area contributed by atoms with E-state index in [1.807, 2.05) is 0 Å². The average molecular weight is 247 g/mol. The van der Waals surface area contributed by atoms with Gasteiger partial charge in [-0.1, -0.05) is 11.8 Å². The zero-order valence-corrected chi connectivity index (χ0v) is 9.78. The summed E-state index contributed by atoms with van der Waals surface area (Å²) in [6, 6.07) is 0. The normalized spacial score (nSPS) is 10.0. The molecular formula is C8H9NO4S2. The fourth-order valence-electron chi connectivity index (χ4n) is 0.811. The Bertz CT molecular complexity index is 388. The number of hydrogen-bond donors (Lipinski definition) is 1. The highest BCUT2D eigenvalue weighted by Crippen LogP contribution is 2.27. The first-order chi connectivity index (χ1) is 7.04. The maximum atomic E-state index is 10.8. The van der Waals surface area contributed by atoms with Crippen molar-refractivity contribution < 1.29 is 19.4 Å². The number of hydrogen-bond acceptors (Lipinski definition) is 6. The number of carbonyl (C=O) groups excluding carboxylic acids is 1. The summed E-state index contributed by atoms with van der Waals surface area (Å²) in [5, 5.41) is 8.77. The van der Waals surface area contributed by atoms with Gasteiger partial charge in [-0.15, -0.1) is 11.3 Å².